The molecule has 2 nitrogen and oxygen atoms in total. The van der Waals surface area contributed by atoms with Gasteiger partial charge in [0.15, 0.2) is 5.82 Å². The van der Waals surface area contributed by atoms with Gasteiger partial charge in [-0.15, -0.1) is 0 Å². The van der Waals surface area contributed by atoms with E-state index in [4.69, 9.17) is 9.97 Å². The van der Waals surface area contributed by atoms with E-state index in [1.165, 1.54) is 43.4 Å². The summed E-state index contributed by atoms with van der Waals surface area (Å²) in [6.07, 6.45) is 0. The molecule has 0 amide bonds. The van der Waals surface area contributed by atoms with Crippen LogP contribution in [0.4, 0.5) is 0 Å². The molecule has 7 aromatic carbocycles. The highest BCUT2D eigenvalue weighted by atomic mass is 14.9. The Labute approximate surface area is 232 Å². The van der Waals surface area contributed by atoms with Crippen molar-refractivity contribution >= 4 is 43.2 Å². The van der Waals surface area contributed by atoms with Crippen molar-refractivity contribution in [2.24, 2.45) is 0 Å². The van der Waals surface area contributed by atoms with Crippen molar-refractivity contribution in [3.05, 3.63) is 146 Å². The number of hydrogen-bond acceptors (Lipinski definition) is 2. The molecule has 186 valence electrons. The van der Waals surface area contributed by atoms with Crippen molar-refractivity contribution in [2.75, 3.05) is 0 Å². The van der Waals surface area contributed by atoms with Crippen LogP contribution in [0.3, 0.4) is 0 Å². The van der Waals surface area contributed by atoms with E-state index in [0.29, 0.717) is 0 Å². The molecule has 2 heteroatoms. The lowest BCUT2D eigenvalue weighted by Crippen LogP contribution is -1.96. The topological polar surface area (TPSA) is 25.8 Å². The molecule has 0 aliphatic rings. The molecule has 1 aromatic heterocycles. The van der Waals surface area contributed by atoms with Crippen LogP contribution in [0.25, 0.3) is 77.0 Å². The lowest BCUT2D eigenvalue weighted by atomic mass is 9.93. The Morgan fingerprint density at radius 3 is 1.77 bits per heavy atom. The van der Waals surface area contributed by atoms with E-state index in [0.717, 1.165) is 33.5 Å². The molecular formula is C38H24N2. The molecule has 0 saturated heterocycles. The van der Waals surface area contributed by atoms with Crippen LogP contribution >= 0.6 is 0 Å². The summed E-state index contributed by atoms with van der Waals surface area (Å²) in [5.41, 5.74) is 6.41. The van der Waals surface area contributed by atoms with Gasteiger partial charge in [0.25, 0.3) is 0 Å². The standard InChI is InChI=1S/C38H24N2/c1-2-9-25(10-3-1)26-17-23-30(24-18-26)37-32-14-6-7-16-34(32)39-38(40-37)33-15-8-12-28-21-22-29-20-19-27-11-4-5-13-31(27)35(29)36(28)33/h1-24H. The first-order valence-electron chi connectivity index (χ1n) is 13.6. The van der Waals surface area contributed by atoms with Gasteiger partial charge >= 0.3 is 0 Å². The van der Waals surface area contributed by atoms with E-state index >= 15 is 0 Å². The summed E-state index contributed by atoms with van der Waals surface area (Å²) in [7, 11) is 0. The van der Waals surface area contributed by atoms with Crippen LogP contribution < -0.4 is 0 Å². The smallest absolute Gasteiger partial charge is 0.161 e. The Balaban J connectivity index is 1.39. The Bertz CT molecular complexity index is 2190. The summed E-state index contributed by atoms with van der Waals surface area (Å²) in [5, 5.41) is 8.37. The van der Waals surface area contributed by atoms with Crippen LogP contribution in [0.1, 0.15) is 0 Å². The minimum absolute atomic E-state index is 0.742. The van der Waals surface area contributed by atoms with Gasteiger partial charge in [-0.25, -0.2) is 9.97 Å². The van der Waals surface area contributed by atoms with Crippen molar-refractivity contribution in [3.8, 4) is 33.8 Å². The quantitative estimate of drug-likeness (QED) is 0.222. The Morgan fingerprint density at radius 2 is 0.950 bits per heavy atom. The molecule has 0 atom stereocenters. The van der Waals surface area contributed by atoms with Crippen molar-refractivity contribution in [1.82, 2.24) is 9.97 Å². The Hall–Kier alpha value is -5.34. The molecule has 8 aromatic rings. The van der Waals surface area contributed by atoms with Gasteiger partial charge in [0.1, 0.15) is 0 Å². The molecule has 0 N–H and O–H groups in total. The third-order valence-corrected chi connectivity index (χ3v) is 7.86. The first-order valence-corrected chi connectivity index (χ1v) is 13.6. The first-order chi connectivity index (χ1) is 19.8. The molecule has 0 saturated carbocycles. The lowest BCUT2D eigenvalue weighted by molar-refractivity contribution is 1.23. The van der Waals surface area contributed by atoms with Crippen LogP contribution in [-0.2, 0) is 0 Å². The largest absolute Gasteiger partial charge is 0.228 e. The van der Waals surface area contributed by atoms with Crippen molar-refractivity contribution < 1.29 is 0 Å². The van der Waals surface area contributed by atoms with Gasteiger partial charge < -0.3 is 0 Å². The third-order valence-electron chi connectivity index (χ3n) is 7.86. The summed E-state index contributed by atoms with van der Waals surface area (Å²) in [6.45, 7) is 0. The van der Waals surface area contributed by atoms with Crippen molar-refractivity contribution in [2.45, 2.75) is 0 Å². The fraction of sp³-hybridized carbons (Fsp3) is 0. The minimum Gasteiger partial charge on any atom is -0.228 e. The second kappa shape index (κ2) is 9.14. The van der Waals surface area contributed by atoms with Gasteiger partial charge in [-0.3, -0.25) is 0 Å². The second-order valence-corrected chi connectivity index (χ2v) is 10.2. The average molecular weight is 509 g/mol. The Morgan fingerprint density at radius 1 is 0.350 bits per heavy atom. The molecule has 0 aliphatic carbocycles. The zero-order valence-electron chi connectivity index (χ0n) is 21.8. The zero-order valence-corrected chi connectivity index (χ0v) is 21.8. The van der Waals surface area contributed by atoms with Gasteiger partial charge in [-0.2, -0.15) is 0 Å². The van der Waals surface area contributed by atoms with E-state index in [9.17, 15) is 0 Å². The van der Waals surface area contributed by atoms with Crippen LogP contribution in [0.5, 0.6) is 0 Å². The predicted molar refractivity (Wildman–Crippen MR) is 168 cm³/mol. The summed E-state index contributed by atoms with van der Waals surface area (Å²) in [4.78, 5) is 10.4. The summed E-state index contributed by atoms with van der Waals surface area (Å²) < 4.78 is 0. The monoisotopic (exact) mass is 508 g/mol. The number of rotatable bonds is 3. The molecule has 0 fully saturated rings. The maximum absolute atomic E-state index is 5.27. The van der Waals surface area contributed by atoms with E-state index < -0.39 is 0 Å². The van der Waals surface area contributed by atoms with Crippen LogP contribution in [0.15, 0.2) is 146 Å². The van der Waals surface area contributed by atoms with E-state index in [-0.39, 0.29) is 0 Å². The van der Waals surface area contributed by atoms with E-state index in [1.807, 2.05) is 12.1 Å². The third kappa shape index (κ3) is 3.65. The van der Waals surface area contributed by atoms with Crippen molar-refractivity contribution in [3.63, 3.8) is 0 Å². The van der Waals surface area contributed by atoms with E-state index in [2.05, 4.69) is 133 Å². The van der Waals surface area contributed by atoms with Gasteiger partial charge in [0.05, 0.1) is 11.2 Å². The number of para-hydroxylation sites is 1. The van der Waals surface area contributed by atoms with Crippen LogP contribution in [0, 0.1) is 0 Å². The molecule has 40 heavy (non-hydrogen) atoms. The predicted octanol–water partition coefficient (Wildman–Crippen LogP) is 10.1. The fourth-order valence-electron chi connectivity index (χ4n) is 5.93. The Kier molecular flexibility index (Phi) is 5.17. The number of hydrogen-bond donors (Lipinski definition) is 0. The molecule has 0 aliphatic heterocycles. The highest BCUT2D eigenvalue weighted by molar-refractivity contribution is 6.23. The number of benzene rings is 7. The highest BCUT2D eigenvalue weighted by Gasteiger charge is 2.16. The SMILES string of the molecule is c1ccc(-c2ccc(-c3nc(-c4cccc5ccc6ccc7ccccc7c6c45)nc4ccccc34)cc2)cc1. The second-order valence-electron chi connectivity index (χ2n) is 10.2. The lowest BCUT2D eigenvalue weighted by Gasteiger charge is -2.14. The molecular weight excluding hydrogens is 484 g/mol. The minimum atomic E-state index is 0.742. The first kappa shape index (κ1) is 22.6. The molecule has 8 rings (SSSR count). The number of fused-ring (bicyclic) bond motifs is 6. The molecule has 0 unspecified atom stereocenters. The van der Waals surface area contributed by atoms with Crippen molar-refractivity contribution in [1.29, 1.82) is 0 Å². The maximum Gasteiger partial charge on any atom is 0.161 e. The number of nitrogens with zero attached hydrogens (tertiary/aromatic N) is 2. The van der Waals surface area contributed by atoms with Gasteiger partial charge in [0, 0.05) is 21.9 Å². The highest BCUT2D eigenvalue weighted by Crippen LogP contribution is 2.38. The normalized spacial score (nSPS) is 11.5. The van der Waals surface area contributed by atoms with Crippen LogP contribution in [0.2, 0.25) is 0 Å². The average Bonchev–Trinajstić information content (AvgIpc) is 3.04. The van der Waals surface area contributed by atoms with Gasteiger partial charge in [0.2, 0.25) is 0 Å². The number of aromatic nitrogens is 2. The zero-order chi connectivity index (χ0) is 26.5. The molecule has 0 radical (unpaired) electrons. The molecule has 0 spiro atoms. The summed E-state index contributed by atoms with van der Waals surface area (Å²) in [6, 6.07) is 51.4. The van der Waals surface area contributed by atoms with E-state index in [1.54, 1.807) is 0 Å². The summed E-state index contributed by atoms with van der Waals surface area (Å²) >= 11 is 0. The maximum atomic E-state index is 5.27. The molecule has 1 heterocycles. The fourth-order valence-corrected chi connectivity index (χ4v) is 5.93. The van der Waals surface area contributed by atoms with Gasteiger partial charge in [-0.05, 0) is 44.1 Å². The molecule has 0 bridgehead atoms. The van der Waals surface area contributed by atoms with Gasteiger partial charge in [-0.1, -0.05) is 140 Å². The summed E-state index contributed by atoms with van der Waals surface area (Å²) in [5.74, 6) is 0.742. The van der Waals surface area contributed by atoms with Crippen LogP contribution in [-0.4, -0.2) is 9.97 Å².